The molecule has 3 saturated heterocycles. The molecule has 4 fully saturated rings. The fraction of sp³-hybridized carbons (Fsp3) is 0.900. The first-order valence-corrected chi connectivity index (χ1v) is 10.5. The van der Waals surface area contributed by atoms with Crippen molar-refractivity contribution < 1.29 is 9.59 Å². The van der Waals surface area contributed by atoms with Crippen LogP contribution in [-0.4, -0.2) is 71.8 Å². The number of likely N-dealkylation sites (tertiary alicyclic amines) is 3. The number of carbonyl (C=O) groups excluding carboxylic acids is 2. The molecule has 1 unspecified atom stereocenters. The first-order valence-electron chi connectivity index (χ1n) is 10.5. The van der Waals surface area contributed by atoms with Crippen LogP contribution in [0.5, 0.6) is 0 Å². The molecular formula is C20H33N3O2. The number of piperidine rings is 2. The Morgan fingerprint density at radius 3 is 1.84 bits per heavy atom. The van der Waals surface area contributed by atoms with Crippen LogP contribution in [0.3, 0.4) is 0 Å². The summed E-state index contributed by atoms with van der Waals surface area (Å²) in [5.74, 6) is 1.35. The fourth-order valence-corrected chi connectivity index (χ4v) is 5.10. The Balaban J connectivity index is 1.27. The zero-order valence-corrected chi connectivity index (χ0v) is 15.5. The van der Waals surface area contributed by atoms with Crippen LogP contribution < -0.4 is 0 Å². The molecule has 5 heteroatoms. The minimum absolute atomic E-state index is 0.210. The van der Waals surface area contributed by atoms with Gasteiger partial charge in [-0.05, 0) is 57.9 Å². The molecule has 1 aliphatic carbocycles. The van der Waals surface area contributed by atoms with Gasteiger partial charge in [0.05, 0.1) is 5.92 Å². The summed E-state index contributed by atoms with van der Waals surface area (Å²) in [7, 11) is 0. The minimum atomic E-state index is 0.210. The van der Waals surface area contributed by atoms with Gasteiger partial charge in [0.15, 0.2) is 0 Å². The highest BCUT2D eigenvalue weighted by Crippen LogP contribution is 2.31. The van der Waals surface area contributed by atoms with Gasteiger partial charge in [-0.3, -0.25) is 14.5 Å². The van der Waals surface area contributed by atoms with Crippen molar-refractivity contribution in [3.8, 4) is 0 Å². The Bertz CT molecular complexity index is 491. The third kappa shape index (κ3) is 3.71. The van der Waals surface area contributed by atoms with Gasteiger partial charge in [0, 0.05) is 44.7 Å². The van der Waals surface area contributed by atoms with Crippen molar-refractivity contribution >= 4 is 11.8 Å². The molecule has 0 spiro atoms. The normalized spacial score (nSPS) is 29.7. The van der Waals surface area contributed by atoms with E-state index in [-0.39, 0.29) is 5.92 Å². The predicted molar refractivity (Wildman–Crippen MR) is 97.1 cm³/mol. The predicted octanol–water partition coefficient (Wildman–Crippen LogP) is 2.11. The van der Waals surface area contributed by atoms with Gasteiger partial charge in [-0.2, -0.15) is 0 Å². The van der Waals surface area contributed by atoms with Gasteiger partial charge in [-0.1, -0.05) is 6.42 Å². The van der Waals surface area contributed by atoms with Gasteiger partial charge in [0.1, 0.15) is 0 Å². The van der Waals surface area contributed by atoms with Gasteiger partial charge >= 0.3 is 0 Å². The standard InChI is InChI=1S/C20H33N3O2/c24-19(16-5-3-6-16)22-13-8-18(9-14-22)23-12-4-7-17(15-23)20(25)21-10-1-2-11-21/h16-18H,1-15H2. The Kier molecular flexibility index (Phi) is 5.30. The third-order valence-corrected chi connectivity index (χ3v) is 6.97. The first-order chi connectivity index (χ1) is 12.2. The molecule has 2 amide bonds. The van der Waals surface area contributed by atoms with Crippen LogP contribution in [0.1, 0.15) is 57.8 Å². The summed E-state index contributed by atoms with van der Waals surface area (Å²) >= 11 is 0. The van der Waals surface area contributed by atoms with Crippen LogP contribution in [0.15, 0.2) is 0 Å². The van der Waals surface area contributed by atoms with Gasteiger partial charge in [-0.25, -0.2) is 0 Å². The highest BCUT2D eigenvalue weighted by molar-refractivity contribution is 5.80. The van der Waals surface area contributed by atoms with E-state index in [1.807, 2.05) is 0 Å². The van der Waals surface area contributed by atoms with Gasteiger partial charge in [0.2, 0.25) is 11.8 Å². The quantitative estimate of drug-likeness (QED) is 0.785. The molecular weight excluding hydrogens is 314 g/mol. The van der Waals surface area contributed by atoms with Crippen LogP contribution >= 0.6 is 0 Å². The molecule has 0 bridgehead atoms. The summed E-state index contributed by atoms with van der Waals surface area (Å²) in [6.45, 7) is 5.85. The van der Waals surface area contributed by atoms with Crippen molar-refractivity contribution in [2.24, 2.45) is 11.8 Å². The van der Waals surface area contributed by atoms with Crippen LogP contribution in [0, 0.1) is 11.8 Å². The van der Waals surface area contributed by atoms with E-state index < -0.39 is 0 Å². The zero-order valence-electron chi connectivity index (χ0n) is 15.5. The van der Waals surface area contributed by atoms with E-state index in [1.165, 1.54) is 19.3 Å². The number of hydrogen-bond acceptors (Lipinski definition) is 3. The molecule has 3 heterocycles. The van der Waals surface area contributed by atoms with E-state index in [4.69, 9.17) is 0 Å². The highest BCUT2D eigenvalue weighted by Gasteiger charge is 2.36. The number of rotatable bonds is 3. The second kappa shape index (κ2) is 7.65. The molecule has 1 saturated carbocycles. The van der Waals surface area contributed by atoms with E-state index in [2.05, 4.69) is 14.7 Å². The maximum absolute atomic E-state index is 12.7. The minimum Gasteiger partial charge on any atom is -0.342 e. The number of amides is 2. The third-order valence-electron chi connectivity index (χ3n) is 6.97. The van der Waals surface area contributed by atoms with Crippen molar-refractivity contribution in [2.75, 3.05) is 39.3 Å². The monoisotopic (exact) mass is 347 g/mol. The molecule has 4 rings (SSSR count). The smallest absolute Gasteiger partial charge is 0.226 e. The van der Waals surface area contributed by atoms with Crippen molar-refractivity contribution in [3.05, 3.63) is 0 Å². The van der Waals surface area contributed by atoms with E-state index in [9.17, 15) is 9.59 Å². The highest BCUT2D eigenvalue weighted by atomic mass is 16.2. The van der Waals surface area contributed by atoms with E-state index >= 15 is 0 Å². The summed E-state index contributed by atoms with van der Waals surface area (Å²) in [6.07, 6.45) is 10.2. The Morgan fingerprint density at radius 1 is 0.600 bits per heavy atom. The average Bonchev–Trinajstić information content (AvgIpc) is 3.14. The lowest BCUT2D eigenvalue weighted by molar-refractivity contribution is -0.140. The molecule has 0 aromatic rings. The van der Waals surface area contributed by atoms with E-state index in [1.54, 1.807) is 0 Å². The Labute approximate surface area is 151 Å². The SMILES string of the molecule is O=C(C1CCC1)N1CCC(N2CCCC(C(=O)N3CCCC3)C2)CC1. The first kappa shape index (κ1) is 17.3. The van der Waals surface area contributed by atoms with Crippen LogP contribution in [-0.2, 0) is 9.59 Å². The van der Waals surface area contributed by atoms with Crippen LogP contribution in [0.4, 0.5) is 0 Å². The largest absolute Gasteiger partial charge is 0.342 e. The summed E-state index contributed by atoms with van der Waals surface area (Å²) in [5.41, 5.74) is 0. The molecule has 0 aromatic heterocycles. The number of hydrogen-bond donors (Lipinski definition) is 0. The lowest BCUT2D eigenvalue weighted by atomic mass is 9.83. The topological polar surface area (TPSA) is 43.9 Å². The average molecular weight is 348 g/mol. The van der Waals surface area contributed by atoms with E-state index in [0.717, 1.165) is 77.8 Å². The molecule has 140 valence electrons. The summed E-state index contributed by atoms with van der Waals surface area (Å²) in [5, 5.41) is 0. The van der Waals surface area contributed by atoms with Crippen molar-refractivity contribution in [1.82, 2.24) is 14.7 Å². The zero-order chi connectivity index (χ0) is 17.2. The summed E-state index contributed by atoms with van der Waals surface area (Å²) in [4.78, 5) is 31.9. The second-order valence-electron chi connectivity index (χ2n) is 8.55. The fourth-order valence-electron chi connectivity index (χ4n) is 5.10. The summed E-state index contributed by atoms with van der Waals surface area (Å²) in [6, 6.07) is 0.569. The maximum Gasteiger partial charge on any atom is 0.226 e. The Morgan fingerprint density at radius 2 is 1.20 bits per heavy atom. The molecule has 1 atom stereocenters. The van der Waals surface area contributed by atoms with Crippen LogP contribution in [0.2, 0.25) is 0 Å². The van der Waals surface area contributed by atoms with Crippen molar-refractivity contribution in [3.63, 3.8) is 0 Å². The lowest BCUT2D eigenvalue weighted by Crippen LogP contribution is -2.52. The number of nitrogens with zero attached hydrogens (tertiary/aromatic N) is 3. The molecule has 0 radical (unpaired) electrons. The van der Waals surface area contributed by atoms with Gasteiger partial charge in [0.25, 0.3) is 0 Å². The summed E-state index contributed by atoms with van der Waals surface area (Å²) < 4.78 is 0. The van der Waals surface area contributed by atoms with Crippen molar-refractivity contribution in [1.29, 1.82) is 0 Å². The second-order valence-corrected chi connectivity index (χ2v) is 8.55. The van der Waals surface area contributed by atoms with Gasteiger partial charge in [-0.15, -0.1) is 0 Å². The van der Waals surface area contributed by atoms with E-state index in [0.29, 0.717) is 23.8 Å². The molecule has 4 aliphatic rings. The molecule has 0 N–H and O–H groups in total. The van der Waals surface area contributed by atoms with Crippen molar-refractivity contribution in [2.45, 2.75) is 63.8 Å². The maximum atomic E-state index is 12.7. The molecule has 0 aromatic carbocycles. The molecule has 5 nitrogen and oxygen atoms in total. The lowest BCUT2D eigenvalue weighted by Gasteiger charge is -2.43. The Hall–Kier alpha value is -1.10. The molecule has 3 aliphatic heterocycles. The van der Waals surface area contributed by atoms with Gasteiger partial charge < -0.3 is 9.80 Å². The van der Waals surface area contributed by atoms with Crippen LogP contribution in [0.25, 0.3) is 0 Å². The molecule has 25 heavy (non-hydrogen) atoms. The number of carbonyl (C=O) groups is 2.